The van der Waals surface area contributed by atoms with Gasteiger partial charge < -0.3 is 15.3 Å². The highest BCUT2D eigenvalue weighted by Gasteiger charge is 2.21. The molecule has 0 atom stereocenters. The molecule has 0 saturated carbocycles. The highest BCUT2D eigenvalue weighted by molar-refractivity contribution is 6.12. The number of anilines is 2. The van der Waals surface area contributed by atoms with Crippen molar-refractivity contribution in [1.29, 1.82) is 0 Å². The van der Waals surface area contributed by atoms with Gasteiger partial charge in [0.25, 0.3) is 5.91 Å². The van der Waals surface area contributed by atoms with E-state index in [-0.39, 0.29) is 12.0 Å². The van der Waals surface area contributed by atoms with Crippen LogP contribution in [0.15, 0.2) is 48.5 Å². The number of aromatic amines is 1. The second-order valence-corrected chi connectivity index (χ2v) is 6.31. The minimum absolute atomic E-state index is 0.228. The number of piperidine rings is 1. The number of para-hydroxylation sites is 3. The normalized spacial score (nSPS) is 15.5. The number of aliphatic hydroxyl groups is 1. The molecule has 1 saturated heterocycles. The zero-order valence-electron chi connectivity index (χ0n) is 13.8. The van der Waals surface area contributed by atoms with Gasteiger partial charge in [-0.3, -0.25) is 9.89 Å². The number of nitrogens with zero attached hydrogens (tertiary/aromatic N) is 2. The zero-order chi connectivity index (χ0) is 17.2. The van der Waals surface area contributed by atoms with Crippen molar-refractivity contribution >= 4 is 28.2 Å². The summed E-state index contributed by atoms with van der Waals surface area (Å²) in [6, 6.07) is 15.3. The molecule has 0 spiro atoms. The molecule has 2 aromatic carbocycles. The summed E-state index contributed by atoms with van der Waals surface area (Å²) in [5.41, 5.74) is 2.96. The SMILES string of the molecule is O=C(Nc1ccccc1N1CCC(O)CC1)c1n[nH]c2ccccc12. The molecule has 3 aromatic rings. The Morgan fingerprint density at radius 3 is 2.68 bits per heavy atom. The first-order valence-corrected chi connectivity index (χ1v) is 8.49. The number of benzene rings is 2. The quantitative estimate of drug-likeness (QED) is 0.687. The van der Waals surface area contributed by atoms with Gasteiger partial charge in [-0.25, -0.2) is 0 Å². The van der Waals surface area contributed by atoms with Gasteiger partial charge in [-0.15, -0.1) is 0 Å². The van der Waals surface area contributed by atoms with Gasteiger partial charge in [0.15, 0.2) is 5.69 Å². The third-order valence-electron chi connectivity index (χ3n) is 4.64. The first-order chi connectivity index (χ1) is 12.2. The fraction of sp³-hybridized carbons (Fsp3) is 0.263. The summed E-state index contributed by atoms with van der Waals surface area (Å²) in [5, 5.41) is 20.5. The maximum atomic E-state index is 12.7. The van der Waals surface area contributed by atoms with Crippen LogP contribution in [0.2, 0.25) is 0 Å². The van der Waals surface area contributed by atoms with Crippen LogP contribution in [-0.4, -0.2) is 40.4 Å². The number of fused-ring (bicyclic) bond motifs is 1. The van der Waals surface area contributed by atoms with Crippen LogP contribution in [0.4, 0.5) is 11.4 Å². The van der Waals surface area contributed by atoms with Crippen LogP contribution in [-0.2, 0) is 0 Å². The molecular weight excluding hydrogens is 316 g/mol. The number of amides is 1. The predicted molar refractivity (Wildman–Crippen MR) is 97.9 cm³/mol. The van der Waals surface area contributed by atoms with Gasteiger partial charge in [-0.1, -0.05) is 30.3 Å². The first kappa shape index (κ1) is 15.7. The molecule has 1 aliphatic rings. The minimum Gasteiger partial charge on any atom is -0.393 e. The molecular formula is C19H20N4O2. The summed E-state index contributed by atoms with van der Waals surface area (Å²) < 4.78 is 0. The van der Waals surface area contributed by atoms with Crippen molar-refractivity contribution in [2.24, 2.45) is 0 Å². The van der Waals surface area contributed by atoms with Crippen LogP contribution >= 0.6 is 0 Å². The second-order valence-electron chi connectivity index (χ2n) is 6.31. The number of carbonyl (C=O) groups excluding carboxylic acids is 1. The molecule has 6 heteroatoms. The number of rotatable bonds is 3. The molecule has 2 heterocycles. The lowest BCUT2D eigenvalue weighted by Gasteiger charge is -2.32. The van der Waals surface area contributed by atoms with E-state index in [1.54, 1.807) is 0 Å². The van der Waals surface area contributed by atoms with Crippen molar-refractivity contribution in [3.63, 3.8) is 0 Å². The van der Waals surface area contributed by atoms with E-state index in [1.807, 2.05) is 48.5 Å². The number of aromatic nitrogens is 2. The number of nitrogens with one attached hydrogen (secondary N) is 2. The van der Waals surface area contributed by atoms with E-state index >= 15 is 0 Å². The standard InChI is InChI=1S/C19H20N4O2/c24-13-9-11-23(12-10-13)17-8-4-3-7-16(17)20-19(25)18-14-5-1-2-6-15(14)21-22-18/h1-8,13,24H,9-12H2,(H,20,25)(H,21,22). The lowest BCUT2D eigenvalue weighted by atomic mass is 10.1. The van der Waals surface area contributed by atoms with Gasteiger partial charge in [0, 0.05) is 18.5 Å². The third-order valence-corrected chi connectivity index (χ3v) is 4.64. The van der Waals surface area contributed by atoms with E-state index in [0.717, 1.165) is 48.2 Å². The first-order valence-electron chi connectivity index (χ1n) is 8.49. The van der Waals surface area contributed by atoms with Crippen LogP contribution in [0.25, 0.3) is 10.9 Å². The molecule has 1 amide bonds. The summed E-state index contributed by atoms with van der Waals surface area (Å²) >= 11 is 0. The maximum Gasteiger partial charge on any atom is 0.276 e. The van der Waals surface area contributed by atoms with Crippen LogP contribution < -0.4 is 10.2 Å². The fourth-order valence-corrected chi connectivity index (χ4v) is 3.28. The molecule has 4 rings (SSSR count). The van der Waals surface area contributed by atoms with Crippen molar-refractivity contribution < 1.29 is 9.90 Å². The van der Waals surface area contributed by atoms with Gasteiger partial charge >= 0.3 is 0 Å². The molecule has 0 bridgehead atoms. The molecule has 25 heavy (non-hydrogen) atoms. The summed E-state index contributed by atoms with van der Waals surface area (Å²) in [5.74, 6) is -0.234. The molecule has 0 radical (unpaired) electrons. The van der Waals surface area contributed by atoms with Crippen molar-refractivity contribution in [2.75, 3.05) is 23.3 Å². The van der Waals surface area contributed by atoms with Crippen LogP contribution in [0.1, 0.15) is 23.3 Å². The number of hydrogen-bond donors (Lipinski definition) is 3. The van der Waals surface area contributed by atoms with E-state index in [1.165, 1.54) is 0 Å². The minimum atomic E-state index is -0.234. The Balaban J connectivity index is 1.59. The van der Waals surface area contributed by atoms with E-state index in [0.29, 0.717) is 5.69 Å². The molecule has 1 fully saturated rings. The molecule has 1 aromatic heterocycles. The monoisotopic (exact) mass is 336 g/mol. The lowest BCUT2D eigenvalue weighted by Crippen LogP contribution is -2.36. The van der Waals surface area contributed by atoms with Gasteiger partial charge in [0.05, 0.1) is 23.0 Å². The van der Waals surface area contributed by atoms with Crippen molar-refractivity contribution in [1.82, 2.24) is 10.2 Å². The van der Waals surface area contributed by atoms with Gasteiger partial charge in [0.2, 0.25) is 0 Å². The van der Waals surface area contributed by atoms with Crippen LogP contribution in [0.3, 0.4) is 0 Å². The fourth-order valence-electron chi connectivity index (χ4n) is 3.28. The third kappa shape index (κ3) is 3.08. The van der Waals surface area contributed by atoms with Gasteiger partial charge in [-0.05, 0) is 31.0 Å². The summed E-state index contributed by atoms with van der Waals surface area (Å²) in [7, 11) is 0. The van der Waals surface area contributed by atoms with Gasteiger partial charge in [-0.2, -0.15) is 5.10 Å². The Kier molecular flexibility index (Phi) is 4.11. The maximum absolute atomic E-state index is 12.7. The lowest BCUT2D eigenvalue weighted by molar-refractivity contribution is 0.102. The molecule has 0 unspecified atom stereocenters. The summed E-state index contributed by atoms with van der Waals surface area (Å²) in [4.78, 5) is 14.9. The Bertz CT molecular complexity index is 897. The Hall–Kier alpha value is -2.86. The van der Waals surface area contributed by atoms with Crippen molar-refractivity contribution in [2.45, 2.75) is 18.9 Å². The average Bonchev–Trinajstić information content (AvgIpc) is 3.07. The Morgan fingerprint density at radius 2 is 1.84 bits per heavy atom. The summed E-state index contributed by atoms with van der Waals surface area (Å²) in [6.45, 7) is 1.55. The highest BCUT2D eigenvalue weighted by atomic mass is 16.3. The highest BCUT2D eigenvalue weighted by Crippen LogP contribution is 2.29. The van der Waals surface area contributed by atoms with Crippen molar-refractivity contribution in [3.8, 4) is 0 Å². The largest absolute Gasteiger partial charge is 0.393 e. The van der Waals surface area contributed by atoms with Crippen LogP contribution in [0.5, 0.6) is 0 Å². The molecule has 0 aliphatic carbocycles. The van der Waals surface area contributed by atoms with E-state index in [2.05, 4.69) is 20.4 Å². The zero-order valence-corrected chi connectivity index (χ0v) is 13.8. The number of H-pyrrole nitrogens is 1. The number of carbonyl (C=O) groups is 1. The smallest absolute Gasteiger partial charge is 0.276 e. The molecule has 1 aliphatic heterocycles. The van der Waals surface area contributed by atoms with E-state index < -0.39 is 0 Å². The molecule has 6 nitrogen and oxygen atoms in total. The molecule has 3 N–H and O–H groups in total. The van der Waals surface area contributed by atoms with E-state index in [9.17, 15) is 9.90 Å². The van der Waals surface area contributed by atoms with Gasteiger partial charge in [0.1, 0.15) is 0 Å². The van der Waals surface area contributed by atoms with Crippen LogP contribution in [0, 0.1) is 0 Å². The average molecular weight is 336 g/mol. The van der Waals surface area contributed by atoms with Crippen molar-refractivity contribution in [3.05, 3.63) is 54.2 Å². The second kappa shape index (κ2) is 6.57. The Morgan fingerprint density at radius 1 is 1.12 bits per heavy atom. The number of aliphatic hydroxyl groups excluding tert-OH is 1. The van der Waals surface area contributed by atoms with E-state index in [4.69, 9.17) is 0 Å². The topological polar surface area (TPSA) is 81.2 Å². The predicted octanol–water partition coefficient (Wildman–Crippen LogP) is 2.78. The molecule has 128 valence electrons. The summed E-state index contributed by atoms with van der Waals surface area (Å²) in [6.07, 6.45) is 1.26. The number of hydrogen-bond acceptors (Lipinski definition) is 4. The Labute approximate surface area is 145 Å².